The first-order valence-electron chi connectivity index (χ1n) is 2.21. The van der Waals surface area contributed by atoms with Crippen LogP contribution in [0.2, 0.25) is 0 Å². The van der Waals surface area contributed by atoms with E-state index in [0.717, 1.165) is 0 Å². The SMILES string of the molecule is C1CCNC1.[Co]. The van der Waals surface area contributed by atoms with Crippen LogP contribution in [0.15, 0.2) is 0 Å². The second kappa shape index (κ2) is 3.65. The topological polar surface area (TPSA) is 12.0 Å². The van der Waals surface area contributed by atoms with E-state index in [-0.39, 0.29) is 16.8 Å². The fraction of sp³-hybridized carbons (Fsp3) is 1.00. The molecule has 0 unspecified atom stereocenters. The molecule has 0 bridgehead atoms. The van der Waals surface area contributed by atoms with Gasteiger partial charge in [0.15, 0.2) is 0 Å². The summed E-state index contributed by atoms with van der Waals surface area (Å²) in [5, 5.41) is 3.22. The van der Waals surface area contributed by atoms with E-state index in [1.165, 1.54) is 25.9 Å². The molecule has 1 aliphatic heterocycles. The van der Waals surface area contributed by atoms with E-state index in [1.54, 1.807) is 0 Å². The van der Waals surface area contributed by atoms with Gasteiger partial charge in [0.2, 0.25) is 0 Å². The summed E-state index contributed by atoms with van der Waals surface area (Å²) in [5.41, 5.74) is 0. The molecule has 1 rings (SSSR count). The zero-order valence-corrected chi connectivity index (χ0v) is 4.70. The van der Waals surface area contributed by atoms with Gasteiger partial charge in [-0.25, -0.2) is 0 Å². The molecule has 39 valence electrons. The molecule has 0 aromatic carbocycles. The summed E-state index contributed by atoms with van der Waals surface area (Å²) in [5.74, 6) is 0. The molecule has 0 aliphatic carbocycles. The van der Waals surface area contributed by atoms with Crippen LogP contribution in [0.25, 0.3) is 0 Å². The predicted molar refractivity (Wildman–Crippen MR) is 22.1 cm³/mol. The predicted octanol–water partition coefficient (Wildman–Crippen LogP) is 0.367. The van der Waals surface area contributed by atoms with Crippen molar-refractivity contribution in [3.63, 3.8) is 0 Å². The maximum atomic E-state index is 3.22. The largest absolute Gasteiger partial charge is 0.317 e. The quantitative estimate of drug-likeness (QED) is 0.499. The van der Waals surface area contributed by atoms with Crippen LogP contribution in [0, 0.1) is 0 Å². The van der Waals surface area contributed by atoms with Crippen LogP contribution in [0.5, 0.6) is 0 Å². The number of hydrogen-bond donors (Lipinski definition) is 1. The molecule has 0 atom stereocenters. The Kier molecular flexibility index (Phi) is 3.93. The summed E-state index contributed by atoms with van der Waals surface area (Å²) in [6.07, 6.45) is 2.78. The normalized spacial score (nSPS) is 20.0. The van der Waals surface area contributed by atoms with E-state index in [4.69, 9.17) is 0 Å². The summed E-state index contributed by atoms with van der Waals surface area (Å²) in [7, 11) is 0. The van der Waals surface area contributed by atoms with Crippen molar-refractivity contribution in [1.82, 2.24) is 5.32 Å². The summed E-state index contributed by atoms with van der Waals surface area (Å²) < 4.78 is 0. The molecule has 2 heteroatoms. The molecule has 1 N–H and O–H groups in total. The van der Waals surface area contributed by atoms with Crippen LogP contribution in [-0.2, 0) is 16.8 Å². The van der Waals surface area contributed by atoms with Crippen LogP contribution >= 0.6 is 0 Å². The van der Waals surface area contributed by atoms with Gasteiger partial charge in [0.25, 0.3) is 0 Å². The van der Waals surface area contributed by atoms with E-state index in [0.29, 0.717) is 0 Å². The first-order valence-corrected chi connectivity index (χ1v) is 2.21. The Morgan fingerprint density at radius 1 is 1.00 bits per heavy atom. The average Bonchev–Trinajstić information content (AvgIpc) is 1.76. The van der Waals surface area contributed by atoms with Gasteiger partial charge in [0.1, 0.15) is 0 Å². The van der Waals surface area contributed by atoms with E-state index in [1.807, 2.05) is 0 Å². The summed E-state index contributed by atoms with van der Waals surface area (Å²) in [4.78, 5) is 0. The first-order chi connectivity index (χ1) is 2.50. The maximum Gasteiger partial charge on any atom is 0 e. The third-order valence-electron chi connectivity index (χ3n) is 0.957. The molecule has 1 heterocycles. The average molecular weight is 130 g/mol. The molecular formula is C4H9CoN. The van der Waals surface area contributed by atoms with E-state index >= 15 is 0 Å². The maximum absolute atomic E-state index is 3.22. The molecule has 6 heavy (non-hydrogen) atoms. The fourth-order valence-electron chi connectivity index (χ4n) is 0.625. The second-order valence-corrected chi connectivity index (χ2v) is 1.46. The number of hydrogen-bond acceptors (Lipinski definition) is 1. The third-order valence-corrected chi connectivity index (χ3v) is 0.957. The number of nitrogens with one attached hydrogen (secondary N) is 1. The van der Waals surface area contributed by atoms with Gasteiger partial charge < -0.3 is 5.32 Å². The molecule has 1 aliphatic rings. The molecule has 0 saturated carbocycles. The second-order valence-electron chi connectivity index (χ2n) is 1.46. The van der Waals surface area contributed by atoms with E-state index in [2.05, 4.69) is 5.32 Å². The van der Waals surface area contributed by atoms with Crippen LogP contribution in [0.3, 0.4) is 0 Å². The molecule has 1 nitrogen and oxygen atoms in total. The van der Waals surface area contributed by atoms with Crippen molar-refractivity contribution in [1.29, 1.82) is 0 Å². The van der Waals surface area contributed by atoms with Gasteiger partial charge in [-0.1, -0.05) is 0 Å². The molecule has 1 saturated heterocycles. The minimum Gasteiger partial charge on any atom is -0.317 e. The van der Waals surface area contributed by atoms with Gasteiger partial charge in [-0.2, -0.15) is 0 Å². The molecule has 1 radical (unpaired) electrons. The van der Waals surface area contributed by atoms with Crippen molar-refractivity contribution in [2.45, 2.75) is 12.8 Å². The Hall–Kier alpha value is 0.466. The van der Waals surface area contributed by atoms with Crippen molar-refractivity contribution in [3.8, 4) is 0 Å². The smallest absolute Gasteiger partial charge is 0 e. The molecule has 0 aromatic rings. The fourth-order valence-corrected chi connectivity index (χ4v) is 0.625. The third kappa shape index (κ3) is 1.80. The van der Waals surface area contributed by atoms with Crippen LogP contribution in [-0.4, -0.2) is 13.1 Å². The minimum atomic E-state index is 0. The summed E-state index contributed by atoms with van der Waals surface area (Å²) in [6.45, 7) is 2.50. The Bertz CT molecular complexity index is 19.1. The van der Waals surface area contributed by atoms with Crippen LogP contribution in [0.4, 0.5) is 0 Å². The Morgan fingerprint density at radius 2 is 1.50 bits per heavy atom. The minimum absolute atomic E-state index is 0. The van der Waals surface area contributed by atoms with Crippen molar-refractivity contribution < 1.29 is 16.8 Å². The van der Waals surface area contributed by atoms with Crippen LogP contribution in [0.1, 0.15) is 12.8 Å². The van der Waals surface area contributed by atoms with Gasteiger partial charge >= 0.3 is 0 Å². The zero-order valence-electron chi connectivity index (χ0n) is 3.66. The van der Waals surface area contributed by atoms with Crippen molar-refractivity contribution in [3.05, 3.63) is 0 Å². The van der Waals surface area contributed by atoms with Gasteiger partial charge in [0.05, 0.1) is 0 Å². The van der Waals surface area contributed by atoms with Crippen molar-refractivity contribution in [2.75, 3.05) is 13.1 Å². The van der Waals surface area contributed by atoms with Gasteiger partial charge in [-0.15, -0.1) is 0 Å². The summed E-state index contributed by atoms with van der Waals surface area (Å²) >= 11 is 0. The monoisotopic (exact) mass is 130 g/mol. The summed E-state index contributed by atoms with van der Waals surface area (Å²) in [6, 6.07) is 0. The Labute approximate surface area is 48.7 Å². The molecule has 1 fully saturated rings. The molecule has 0 aromatic heterocycles. The van der Waals surface area contributed by atoms with Gasteiger partial charge in [0, 0.05) is 16.8 Å². The Balaban J connectivity index is 0.000000250. The van der Waals surface area contributed by atoms with Crippen molar-refractivity contribution >= 4 is 0 Å². The van der Waals surface area contributed by atoms with E-state index in [9.17, 15) is 0 Å². The zero-order chi connectivity index (χ0) is 3.54. The molecular weight excluding hydrogens is 121 g/mol. The van der Waals surface area contributed by atoms with E-state index < -0.39 is 0 Å². The van der Waals surface area contributed by atoms with Crippen molar-refractivity contribution in [2.24, 2.45) is 0 Å². The van der Waals surface area contributed by atoms with Gasteiger partial charge in [-0.3, -0.25) is 0 Å². The first kappa shape index (κ1) is 6.47. The number of rotatable bonds is 0. The molecule has 0 spiro atoms. The molecule has 0 amide bonds. The van der Waals surface area contributed by atoms with Gasteiger partial charge in [-0.05, 0) is 25.9 Å². The van der Waals surface area contributed by atoms with Crippen LogP contribution < -0.4 is 5.32 Å². The standard InChI is InChI=1S/C4H9N.Co/c1-2-4-5-3-1;/h5H,1-4H2;. The Morgan fingerprint density at radius 3 is 1.67 bits per heavy atom.